The van der Waals surface area contributed by atoms with Crippen LogP contribution in [0, 0.1) is 0 Å². The molecular weight excluding hydrogens is 150 g/mol. The van der Waals surface area contributed by atoms with Crippen molar-refractivity contribution in [2.24, 2.45) is 0 Å². The van der Waals surface area contributed by atoms with E-state index in [0.29, 0.717) is 0 Å². The molecule has 1 aromatic rings. The lowest BCUT2D eigenvalue weighted by Gasteiger charge is -2.18. The zero-order valence-electron chi connectivity index (χ0n) is 6.47. The van der Waals surface area contributed by atoms with E-state index in [0.717, 1.165) is 10.4 Å². The van der Waals surface area contributed by atoms with Gasteiger partial charge in [0, 0.05) is 6.07 Å². The molecule has 58 valence electrons. The molecule has 0 aromatic carbocycles. The molecule has 0 aliphatic carbocycles. The van der Waals surface area contributed by atoms with Crippen LogP contribution in [0.3, 0.4) is 0 Å². The van der Waals surface area contributed by atoms with Crippen molar-refractivity contribution >= 4 is 5.88 Å². The minimum absolute atomic E-state index is 0. The lowest BCUT2D eigenvalue weighted by Crippen LogP contribution is -3.00. The molecule has 0 aliphatic heterocycles. The Labute approximate surface area is 67.4 Å². The fourth-order valence-electron chi connectivity index (χ4n) is 0.652. The van der Waals surface area contributed by atoms with Gasteiger partial charge in [0.05, 0.1) is 27.4 Å². The van der Waals surface area contributed by atoms with Crippen molar-refractivity contribution in [3.8, 4) is 0 Å². The highest BCUT2D eigenvalue weighted by Gasteiger charge is 2.13. The Hall–Kier alpha value is -0.470. The molecule has 0 amide bonds. The predicted octanol–water partition coefficient (Wildman–Crippen LogP) is -1.52. The molecule has 0 bridgehead atoms. The highest BCUT2D eigenvalue weighted by molar-refractivity contribution is 5.26. The summed E-state index contributed by atoms with van der Waals surface area (Å²) in [7, 11) is 6.20. The molecule has 2 nitrogen and oxygen atoms in total. The third-order valence-electron chi connectivity index (χ3n) is 1.17. The van der Waals surface area contributed by atoms with Crippen molar-refractivity contribution in [3.05, 3.63) is 18.4 Å². The number of nitrogens with zero attached hydrogens (tertiary/aromatic N) is 1. The van der Waals surface area contributed by atoms with Crippen LogP contribution in [0.15, 0.2) is 22.8 Å². The Kier molecular flexibility index (Phi) is 2.94. The zero-order valence-corrected chi connectivity index (χ0v) is 7.22. The predicted molar refractivity (Wildman–Crippen MR) is 38.3 cm³/mol. The van der Waals surface area contributed by atoms with E-state index in [1.807, 2.05) is 12.1 Å². The first-order valence-corrected chi connectivity index (χ1v) is 2.96. The first kappa shape index (κ1) is 9.53. The molecule has 0 N–H and O–H groups in total. The summed E-state index contributed by atoms with van der Waals surface area (Å²) >= 11 is 0. The van der Waals surface area contributed by atoms with Gasteiger partial charge in [-0.3, -0.25) is 4.48 Å². The molecule has 0 unspecified atom stereocenters. The van der Waals surface area contributed by atoms with Gasteiger partial charge in [0.15, 0.2) is 0 Å². The Morgan fingerprint density at radius 3 is 2.10 bits per heavy atom. The molecule has 0 atom stereocenters. The largest absolute Gasteiger partial charge is 1.00 e. The maximum atomic E-state index is 5.17. The average Bonchev–Trinajstić information content (AvgIpc) is 2.08. The van der Waals surface area contributed by atoms with E-state index in [-0.39, 0.29) is 12.4 Å². The van der Waals surface area contributed by atoms with Gasteiger partial charge in [-0.15, -0.1) is 0 Å². The monoisotopic (exact) mass is 161 g/mol. The van der Waals surface area contributed by atoms with E-state index in [9.17, 15) is 0 Å². The number of hydrogen-bond acceptors (Lipinski definition) is 1. The quantitative estimate of drug-likeness (QED) is 0.456. The molecule has 3 heteroatoms. The summed E-state index contributed by atoms with van der Waals surface area (Å²) in [6, 6.07) is 3.87. The molecule has 0 saturated heterocycles. The van der Waals surface area contributed by atoms with Crippen molar-refractivity contribution in [2.75, 3.05) is 21.1 Å². The summed E-state index contributed by atoms with van der Waals surface area (Å²) in [5, 5.41) is 0. The Morgan fingerprint density at radius 2 is 1.90 bits per heavy atom. The van der Waals surface area contributed by atoms with Gasteiger partial charge in [-0.25, -0.2) is 0 Å². The molecule has 0 radical (unpaired) electrons. The minimum Gasteiger partial charge on any atom is -1.00 e. The summed E-state index contributed by atoms with van der Waals surface area (Å²) in [5.41, 5.74) is 0. The van der Waals surface area contributed by atoms with Gasteiger partial charge >= 0.3 is 0 Å². The summed E-state index contributed by atoms with van der Waals surface area (Å²) in [4.78, 5) is 0. The number of quaternary nitrogens is 1. The van der Waals surface area contributed by atoms with Crippen LogP contribution < -0.4 is 16.9 Å². The second-order valence-corrected chi connectivity index (χ2v) is 2.96. The highest BCUT2D eigenvalue weighted by Crippen LogP contribution is 2.15. The van der Waals surface area contributed by atoms with Gasteiger partial charge in [-0.05, 0) is 6.07 Å². The Morgan fingerprint density at radius 1 is 1.30 bits per heavy atom. The van der Waals surface area contributed by atoms with Gasteiger partial charge in [0.1, 0.15) is 0 Å². The molecular formula is C7H12ClNO. The van der Waals surface area contributed by atoms with Crippen LogP contribution in [0.5, 0.6) is 0 Å². The third kappa shape index (κ3) is 2.05. The summed E-state index contributed by atoms with van der Waals surface area (Å²) in [6.07, 6.45) is 1.69. The van der Waals surface area contributed by atoms with E-state index in [1.165, 1.54) is 0 Å². The standard InChI is InChI=1S/C7H12NO.ClH/c1-8(2,3)7-5-4-6-9-7;/h4-6H,1-3H3;1H/q+1;/p-1. The smallest absolute Gasteiger partial charge is 0.295 e. The maximum Gasteiger partial charge on any atom is 0.295 e. The highest BCUT2D eigenvalue weighted by atomic mass is 35.5. The van der Waals surface area contributed by atoms with Crippen LogP contribution in [0.2, 0.25) is 0 Å². The van der Waals surface area contributed by atoms with Crippen LogP contribution in [0.1, 0.15) is 0 Å². The van der Waals surface area contributed by atoms with E-state index >= 15 is 0 Å². The van der Waals surface area contributed by atoms with Crippen LogP contribution in [0.25, 0.3) is 0 Å². The molecule has 0 aliphatic rings. The molecule has 0 fully saturated rings. The van der Waals surface area contributed by atoms with Crippen LogP contribution in [-0.4, -0.2) is 21.1 Å². The van der Waals surface area contributed by atoms with Gasteiger partial charge in [-0.1, -0.05) is 0 Å². The molecule has 10 heavy (non-hydrogen) atoms. The maximum absolute atomic E-state index is 5.17. The zero-order chi connectivity index (χ0) is 6.91. The van der Waals surface area contributed by atoms with E-state index in [2.05, 4.69) is 21.1 Å². The number of rotatable bonds is 1. The fraction of sp³-hybridized carbons (Fsp3) is 0.429. The summed E-state index contributed by atoms with van der Waals surface area (Å²) < 4.78 is 5.91. The Bertz CT molecular complexity index is 176. The van der Waals surface area contributed by atoms with Gasteiger partial charge in [0.25, 0.3) is 5.88 Å². The van der Waals surface area contributed by atoms with Crippen LogP contribution in [0.4, 0.5) is 5.88 Å². The topological polar surface area (TPSA) is 13.1 Å². The van der Waals surface area contributed by atoms with Crippen LogP contribution >= 0.6 is 0 Å². The van der Waals surface area contributed by atoms with Crippen molar-refractivity contribution in [1.82, 2.24) is 4.48 Å². The van der Waals surface area contributed by atoms with E-state index in [1.54, 1.807) is 6.26 Å². The third-order valence-corrected chi connectivity index (χ3v) is 1.17. The number of hydrogen-bond donors (Lipinski definition) is 0. The SMILES string of the molecule is C[N+](C)(C)c1ccco1.[Cl-]. The molecule has 1 heterocycles. The van der Waals surface area contributed by atoms with Crippen molar-refractivity contribution in [3.63, 3.8) is 0 Å². The summed E-state index contributed by atoms with van der Waals surface area (Å²) in [6.45, 7) is 0. The minimum atomic E-state index is 0. The van der Waals surface area contributed by atoms with E-state index < -0.39 is 0 Å². The first-order chi connectivity index (χ1) is 4.11. The van der Waals surface area contributed by atoms with E-state index in [4.69, 9.17) is 4.42 Å². The normalized spacial score (nSPS) is 10.7. The molecule has 1 aromatic heterocycles. The van der Waals surface area contributed by atoms with Gasteiger partial charge < -0.3 is 16.8 Å². The second-order valence-electron chi connectivity index (χ2n) is 2.96. The number of halogens is 1. The van der Waals surface area contributed by atoms with Gasteiger partial charge in [0.2, 0.25) is 0 Å². The summed E-state index contributed by atoms with van der Waals surface area (Å²) in [5.74, 6) is 0.981. The van der Waals surface area contributed by atoms with Crippen molar-refractivity contribution in [1.29, 1.82) is 0 Å². The number of furan rings is 1. The van der Waals surface area contributed by atoms with Gasteiger partial charge in [-0.2, -0.15) is 0 Å². The molecule has 0 spiro atoms. The lowest BCUT2D eigenvalue weighted by atomic mass is 10.5. The average molecular weight is 162 g/mol. The Balaban J connectivity index is 0.000000810. The molecule has 0 saturated carbocycles. The van der Waals surface area contributed by atoms with Crippen molar-refractivity contribution in [2.45, 2.75) is 0 Å². The van der Waals surface area contributed by atoms with Crippen molar-refractivity contribution < 1.29 is 16.8 Å². The fourth-order valence-corrected chi connectivity index (χ4v) is 0.652. The first-order valence-electron chi connectivity index (χ1n) is 2.96. The lowest BCUT2D eigenvalue weighted by molar-refractivity contribution is -0.00000251. The van der Waals surface area contributed by atoms with Crippen LogP contribution in [-0.2, 0) is 0 Å². The molecule has 1 rings (SSSR count). The second kappa shape index (κ2) is 3.08.